The van der Waals surface area contributed by atoms with Gasteiger partial charge in [-0.05, 0) is 25.6 Å². The fourth-order valence-corrected chi connectivity index (χ4v) is 5.23. The molecule has 5 nitrogen and oxygen atoms in total. The number of hydrogen-bond donors (Lipinski definition) is 0. The molecule has 0 aliphatic carbocycles. The van der Waals surface area contributed by atoms with Crippen molar-refractivity contribution in [1.29, 1.82) is 0 Å². The van der Waals surface area contributed by atoms with Crippen molar-refractivity contribution in [3.8, 4) is 0 Å². The third-order valence-corrected chi connectivity index (χ3v) is 9.27. The standard InChI is InChI=1S/C14H33NO4Si2/c1-17-14(16)10-12-15(20(4,5)6)11-8-9-13-21(7,18-2)19-3/h8-13H2,1-7H3. The Morgan fingerprint density at radius 1 is 0.952 bits per heavy atom. The normalized spacial score (nSPS) is 12.8. The summed E-state index contributed by atoms with van der Waals surface area (Å²) in [6, 6.07) is 1.01. The molecule has 0 saturated carbocycles. The first-order valence-electron chi connectivity index (χ1n) is 7.60. The predicted molar refractivity (Wildman–Crippen MR) is 91.2 cm³/mol. The summed E-state index contributed by atoms with van der Waals surface area (Å²) in [5.74, 6) is -0.128. The predicted octanol–water partition coefficient (Wildman–Crippen LogP) is 2.83. The first-order chi connectivity index (χ1) is 9.68. The number of rotatable bonds is 11. The third-order valence-electron chi connectivity index (χ3n) is 3.93. The summed E-state index contributed by atoms with van der Waals surface area (Å²) < 4.78 is 18.2. The second-order valence-electron chi connectivity index (χ2n) is 6.48. The van der Waals surface area contributed by atoms with Crippen molar-refractivity contribution in [3.05, 3.63) is 0 Å². The second kappa shape index (κ2) is 9.73. The number of nitrogens with zero attached hydrogens (tertiary/aromatic N) is 1. The van der Waals surface area contributed by atoms with E-state index in [0.717, 1.165) is 32.0 Å². The van der Waals surface area contributed by atoms with E-state index in [4.69, 9.17) is 13.6 Å². The molecule has 7 heteroatoms. The molecule has 0 rings (SSSR count). The fourth-order valence-electron chi connectivity index (χ4n) is 2.15. The number of esters is 1. The van der Waals surface area contributed by atoms with Gasteiger partial charge >= 0.3 is 14.5 Å². The Labute approximate surface area is 132 Å². The van der Waals surface area contributed by atoms with Gasteiger partial charge in [-0.15, -0.1) is 0 Å². The molecule has 126 valence electrons. The zero-order valence-electron chi connectivity index (χ0n) is 14.8. The summed E-state index contributed by atoms with van der Waals surface area (Å²) in [5, 5.41) is 0. The molecule has 0 saturated heterocycles. The van der Waals surface area contributed by atoms with Crippen molar-refractivity contribution in [2.24, 2.45) is 0 Å². The van der Waals surface area contributed by atoms with Crippen molar-refractivity contribution in [2.45, 2.75) is 51.5 Å². The van der Waals surface area contributed by atoms with Crippen LogP contribution in [0.1, 0.15) is 19.3 Å². The maximum Gasteiger partial charge on any atom is 0.334 e. The van der Waals surface area contributed by atoms with Crippen molar-refractivity contribution >= 4 is 22.8 Å². The maximum atomic E-state index is 11.3. The van der Waals surface area contributed by atoms with Crippen LogP contribution < -0.4 is 0 Å². The molecule has 0 heterocycles. The smallest absolute Gasteiger partial charge is 0.334 e. The van der Waals surface area contributed by atoms with Gasteiger partial charge in [0.2, 0.25) is 0 Å². The molecule has 0 aromatic carbocycles. The Hall–Kier alpha value is -0.216. The lowest BCUT2D eigenvalue weighted by Crippen LogP contribution is -2.47. The lowest BCUT2D eigenvalue weighted by molar-refractivity contribution is -0.140. The molecule has 0 spiro atoms. The zero-order chi connectivity index (χ0) is 16.5. The van der Waals surface area contributed by atoms with Gasteiger partial charge in [0.25, 0.3) is 0 Å². The van der Waals surface area contributed by atoms with Crippen LogP contribution in [0.2, 0.25) is 32.2 Å². The maximum absolute atomic E-state index is 11.3. The highest BCUT2D eigenvalue weighted by Gasteiger charge is 2.28. The molecular formula is C14H33NO4Si2. The van der Waals surface area contributed by atoms with Gasteiger partial charge in [-0.2, -0.15) is 0 Å². The highest BCUT2D eigenvalue weighted by atomic mass is 28.4. The molecular weight excluding hydrogens is 302 g/mol. The summed E-state index contributed by atoms with van der Waals surface area (Å²) >= 11 is 0. The van der Waals surface area contributed by atoms with Gasteiger partial charge in [0, 0.05) is 20.8 Å². The van der Waals surface area contributed by atoms with E-state index in [1.807, 2.05) is 0 Å². The molecule has 0 aliphatic rings. The van der Waals surface area contributed by atoms with Crippen LogP contribution in [0.4, 0.5) is 0 Å². The van der Waals surface area contributed by atoms with Crippen LogP contribution in [0.3, 0.4) is 0 Å². The minimum absolute atomic E-state index is 0.128. The van der Waals surface area contributed by atoms with E-state index in [1.165, 1.54) is 7.11 Å². The van der Waals surface area contributed by atoms with Crippen molar-refractivity contribution < 1.29 is 18.4 Å². The molecule has 0 radical (unpaired) electrons. The SMILES string of the molecule is COC(=O)CCN(CCCC[Si](C)(OC)OC)[Si](C)(C)C. The Morgan fingerprint density at radius 3 is 1.95 bits per heavy atom. The lowest BCUT2D eigenvalue weighted by Gasteiger charge is -2.34. The highest BCUT2D eigenvalue weighted by molar-refractivity contribution is 6.73. The molecule has 0 aromatic rings. The van der Waals surface area contributed by atoms with Crippen LogP contribution in [0.25, 0.3) is 0 Å². The first-order valence-corrected chi connectivity index (χ1v) is 13.6. The number of carbonyl (C=O) groups is 1. The zero-order valence-corrected chi connectivity index (χ0v) is 16.8. The summed E-state index contributed by atoms with van der Waals surface area (Å²) in [6.07, 6.45) is 2.69. The lowest BCUT2D eigenvalue weighted by atomic mass is 10.3. The summed E-state index contributed by atoms with van der Waals surface area (Å²) in [5.41, 5.74) is 0. The van der Waals surface area contributed by atoms with Crippen molar-refractivity contribution in [2.75, 3.05) is 34.4 Å². The molecule has 0 aliphatic heterocycles. The van der Waals surface area contributed by atoms with E-state index >= 15 is 0 Å². The molecule has 0 fully saturated rings. The average molecular weight is 336 g/mol. The number of unbranched alkanes of at least 4 members (excludes halogenated alkanes) is 1. The van der Waals surface area contributed by atoms with Crippen LogP contribution >= 0.6 is 0 Å². The second-order valence-corrected chi connectivity index (χ2v) is 15.0. The van der Waals surface area contributed by atoms with Gasteiger partial charge in [0.1, 0.15) is 8.24 Å². The van der Waals surface area contributed by atoms with Gasteiger partial charge in [0.15, 0.2) is 0 Å². The van der Waals surface area contributed by atoms with Crippen LogP contribution in [0.5, 0.6) is 0 Å². The topological polar surface area (TPSA) is 48.0 Å². The molecule has 0 aromatic heterocycles. The number of methoxy groups -OCH3 is 1. The molecule has 0 bridgehead atoms. The Morgan fingerprint density at radius 2 is 1.52 bits per heavy atom. The quantitative estimate of drug-likeness (QED) is 0.330. The van der Waals surface area contributed by atoms with Gasteiger partial charge in [-0.25, -0.2) is 0 Å². The summed E-state index contributed by atoms with van der Waals surface area (Å²) in [6.45, 7) is 10.9. The summed E-state index contributed by atoms with van der Waals surface area (Å²) in [7, 11) is 1.58. The Kier molecular flexibility index (Phi) is 9.63. The summed E-state index contributed by atoms with van der Waals surface area (Å²) in [4.78, 5) is 11.3. The van der Waals surface area contributed by atoms with Gasteiger partial charge in [-0.1, -0.05) is 26.1 Å². The van der Waals surface area contributed by atoms with Crippen LogP contribution in [0, 0.1) is 0 Å². The number of hydrogen-bond acceptors (Lipinski definition) is 5. The van der Waals surface area contributed by atoms with Crippen LogP contribution in [-0.4, -0.2) is 61.8 Å². The van der Waals surface area contributed by atoms with E-state index in [1.54, 1.807) is 14.2 Å². The molecule has 0 unspecified atom stereocenters. The first kappa shape index (κ1) is 20.8. The molecule has 0 amide bonds. The third kappa shape index (κ3) is 8.72. The van der Waals surface area contributed by atoms with E-state index < -0.39 is 16.8 Å². The average Bonchev–Trinajstić information content (AvgIpc) is 2.44. The molecule has 0 N–H and O–H groups in total. The Bertz CT molecular complexity index is 304. The van der Waals surface area contributed by atoms with E-state index in [-0.39, 0.29) is 5.97 Å². The van der Waals surface area contributed by atoms with Gasteiger partial charge in [0.05, 0.1) is 13.5 Å². The monoisotopic (exact) mass is 335 g/mol. The van der Waals surface area contributed by atoms with Gasteiger partial charge < -0.3 is 18.2 Å². The van der Waals surface area contributed by atoms with Crippen LogP contribution in [-0.2, 0) is 18.4 Å². The highest BCUT2D eigenvalue weighted by Crippen LogP contribution is 2.17. The fraction of sp³-hybridized carbons (Fsp3) is 0.929. The molecule has 21 heavy (non-hydrogen) atoms. The van der Waals surface area contributed by atoms with Crippen LogP contribution in [0.15, 0.2) is 0 Å². The van der Waals surface area contributed by atoms with Crippen molar-refractivity contribution in [1.82, 2.24) is 4.57 Å². The number of ether oxygens (including phenoxy) is 1. The minimum Gasteiger partial charge on any atom is -0.469 e. The van der Waals surface area contributed by atoms with Crippen molar-refractivity contribution in [3.63, 3.8) is 0 Å². The number of carbonyl (C=O) groups excluding carboxylic acids is 1. The van der Waals surface area contributed by atoms with E-state index in [9.17, 15) is 4.79 Å². The Balaban J connectivity index is 4.23. The minimum atomic E-state index is -1.94. The molecule has 0 atom stereocenters. The van der Waals surface area contributed by atoms with Gasteiger partial charge in [-0.3, -0.25) is 4.79 Å². The largest absolute Gasteiger partial charge is 0.469 e. The van der Waals surface area contributed by atoms with E-state index in [2.05, 4.69) is 30.8 Å². The van der Waals surface area contributed by atoms with E-state index in [0.29, 0.717) is 6.42 Å².